The highest BCUT2D eigenvalue weighted by molar-refractivity contribution is 6.55. The molecule has 0 aliphatic rings. The molecule has 10 nitrogen and oxygen atoms in total. The number of aromatic nitrogens is 5. The van der Waals surface area contributed by atoms with Crippen molar-refractivity contribution >= 4 is 14.8 Å². The lowest BCUT2D eigenvalue weighted by atomic mass is 9.95. The molecule has 1 aromatic carbocycles. The maximum absolute atomic E-state index is 11.9. The monoisotopic (exact) mass is 560 g/mol. The van der Waals surface area contributed by atoms with Gasteiger partial charge in [-0.2, -0.15) is 9.67 Å². The van der Waals surface area contributed by atoms with Crippen LogP contribution >= 0.6 is 0 Å². The number of esters is 1. The van der Waals surface area contributed by atoms with Gasteiger partial charge >= 0.3 is 12.0 Å². The molecule has 0 aliphatic heterocycles. The van der Waals surface area contributed by atoms with E-state index < -0.39 is 5.41 Å². The molecule has 0 unspecified atom stereocenters. The zero-order valence-electron chi connectivity index (χ0n) is 23.5. The number of carbonyl (C=O) groups excluding carboxylic acids is 1. The second-order valence-electron chi connectivity index (χ2n) is 10.1. The van der Waals surface area contributed by atoms with Crippen LogP contribution < -0.4 is 9.47 Å². The molecule has 0 spiro atoms. The van der Waals surface area contributed by atoms with Crippen LogP contribution in [-0.2, 0) is 21.0 Å². The Labute approximate surface area is 235 Å². The first-order valence-electron chi connectivity index (χ1n) is 12.9. The molecule has 0 bridgehead atoms. The van der Waals surface area contributed by atoms with Crippen molar-refractivity contribution in [2.24, 2.45) is 5.41 Å². The first-order chi connectivity index (χ1) is 19.2. The number of hydrogen-bond donors (Lipinski definition) is 0. The van der Waals surface area contributed by atoms with Crippen LogP contribution in [0.3, 0.4) is 0 Å². The van der Waals surface area contributed by atoms with E-state index in [1.54, 1.807) is 43.1 Å². The summed E-state index contributed by atoms with van der Waals surface area (Å²) in [5, 5.41) is 4.64. The molecular weight excluding hydrogens is 526 g/mol. The Morgan fingerprint density at radius 1 is 0.950 bits per heavy atom. The van der Waals surface area contributed by atoms with Gasteiger partial charge in [0.05, 0.1) is 12.5 Å². The summed E-state index contributed by atoms with van der Waals surface area (Å²) in [4.78, 5) is 25.1. The maximum Gasteiger partial charge on any atom is 0.324 e. The minimum atomic E-state index is -0.768. The van der Waals surface area contributed by atoms with Gasteiger partial charge in [-0.25, -0.2) is 9.97 Å². The van der Waals surface area contributed by atoms with E-state index in [0.29, 0.717) is 30.2 Å². The van der Waals surface area contributed by atoms with Gasteiger partial charge in [0.15, 0.2) is 5.82 Å². The first kappa shape index (κ1) is 28.9. The molecule has 0 saturated heterocycles. The van der Waals surface area contributed by atoms with Gasteiger partial charge in [0, 0.05) is 51.1 Å². The number of carbonyl (C=O) groups is 1. The van der Waals surface area contributed by atoms with E-state index in [1.165, 1.54) is 7.11 Å². The predicted octanol–water partition coefficient (Wildman–Crippen LogP) is 5.50. The Balaban J connectivity index is 1.46. The Morgan fingerprint density at radius 2 is 1.70 bits per heavy atom. The van der Waals surface area contributed by atoms with E-state index in [4.69, 9.17) is 18.9 Å². The van der Waals surface area contributed by atoms with Crippen molar-refractivity contribution in [3.8, 4) is 40.3 Å². The van der Waals surface area contributed by atoms with Crippen molar-refractivity contribution < 1.29 is 23.7 Å². The van der Waals surface area contributed by atoms with Gasteiger partial charge in [0.25, 0.3) is 0 Å². The van der Waals surface area contributed by atoms with E-state index in [0.717, 1.165) is 22.7 Å². The van der Waals surface area contributed by atoms with Crippen LogP contribution in [0.15, 0.2) is 67.0 Å². The van der Waals surface area contributed by atoms with E-state index in [9.17, 15) is 4.79 Å². The third-order valence-corrected chi connectivity index (χ3v) is 7.17. The van der Waals surface area contributed by atoms with Crippen LogP contribution in [0.2, 0.25) is 19.1 Å². The van der Waals surface area contributed by atoms with Crippen molar-refractivity contribution in [1.29, 1.82) is 0 Å². The standard InChI is InChI=1S/C29H34N5O5Si/c1-29(2,27(35)36-3)19-38-24-14-13-23(18-31-24)21-9-11-22(12-10-21)26-32-28(39-25-8-6-7-15-30-25)34(33-26)20-37-16-17-40(4)5/h6-15,18H,16-17,19-20H2,1-5H3. The van der Waals surface area contributed by atoms with Gasteiger partial charge in [-0.05, 0) is 37.6 Å². The molecule has 0 fully saturated rings. The van der Waals surface area contributed by atoms with Crippen LogP contribution in [-0.4, -0.2) is 59.8 Å². The molecule has 0 amide bonds. The van der Waals surface area contributed by atoms with E-state index in [-0.39, 0.29) is 28.1 Å². The average Bonchev–Trinajstić information content (AvgIpc) is 3.37. The molecule has 4 aromatic rings. The molecule has 3 aromatic heterocycles. The Bertz CT molecular complexity index is 1380. The number of hydrogen-bond acceptors (Lipinski definition) is 9. The van der Waals surface area contributed by atoms with Crippen molar-refractivity contribution in [3.05, 3.63) is 67.0 Å². The fraction of sp³-hybridized carbons (Fsp3) is 0.345. The summed E-state index contributed by atoms with van der Waals surface area (Å²) in [5.74, 6) is 1.05. The molecule has 11 heteroatoms. The molecule has 0 saturated carbocycles. The minimum absolute atomic E-state index is 0.163. The topological polar surface area (TPSA) is 110 Å². The highest BCUT2D eigenvalue weighted by atomic mass is 28.3. The molecule has 1 radical (unpaired) electrons. The molecule has 40 heavy (non-hydrogen) atoms. The van der Waals surface area contributed by atoms with Crippen molar-refractivity contribution in [2.45, 2.75) is 39.7 Å². The molecule has 0 N–H and O–H groups in total. The van der Waals surface area contributed by atoms with Crippen LogP contribution in [0, 0.1) is 5.41 Å². The van der Waals surface area contributed by atoms with E-state index in [1.807, 2.05) is 42.5 Å². The Kier molecular flexibility index (Phi) is 9.62. The summed E-state index contributed by atoms with van der Waals surface area (Å²) < 4.78 is 23.9. The summed E-state index contributed by atoms with van der Waals surface area (Å²) in [6.07, 6.45) is 3.40. The van der Waals surface area contributed by atoms with Crippen LogP contribution in [0.25, 0.3) is 22.5 Å². The lowest BCUT2D eigenvalue weighted by molar-refractivity contribution is -0.152. The predicted molar refractivity (Wildman–Crippen MR) is 153 cm³/mol. The lowest BCUT2D eigenvalue weighted by Crippen LogP contribution is -2.32. The molecule has 209 valence electrons. The second-order valence-corrected chi connectivity index (χ2v) is 13.0. The zero-order valence-corrected chi connectivity index (χ0v) is 24.5. The molecule has 0 aliphatic carbocycles. The summed E-state index contributed by atoms with van der Waals surface area (Å²) >= 11 is 0. The van der Waals surface area contributed by atoms with Gasteiger partial charge in [0.2, 0.25) is 11.8 Å². The van der Waals surface area contributed by atoms with E-state index in [2.05, 4.69) is 33.1 Å². The highest BCUT2D eigenvalue weighted by Crippen LogP contribution is 2.27. The van der Waals surface area contributed by atoms with E-state index >= 15 is 0 Å². The van der Waals surface area contributed by atoms with Gasteiger partial charge in [0.1, 0.15) is 13.3 Å². The van der Waals surface area contributed by atoms with Crippen LogP contribution in [0.5, 0.6) is 17.8 Å². The number of nitrogens with zero attached hydrogens (tertiary/aromatic N) is 5. The quantitative estimate of drug-likeness (QED) is 0.119. The zero-order chi connectivity index (χ0) is 28.5. The van der Waals surface area contributed by atoms with Crippen LogP contribution in [0.1, 0.15) is 13.8 Å². The molecule has 0 atom stereocenters. The number of ether oxygens (including phenoxy) is 4. The number of rotatable bonds is 13. The minimum Gasteiger partial charge on any atom is -0.476 e. The normalized spacial score (nSPS) is 11.4. The third-order valence-electron chi connectivity index (χ3n) is 5.96. The SMILES string of the molecule is COC(=O)C(C)(C)COc1ccc(-c2ccc(-c3nc(Oc4ccccn4)n(COCC[Si](C)C)n3)cc2)cn1. The average molecular weight is 561 g/mol. The number of methoxy groups -OCH3 is 1. The van der Waals surface area contributed by atoms with Crippen LogP contribution in [0.4, 0.5) is 0 Å². The van der Waals surface area contributed by atoms with Crippen molar-refractivity contribution in [1.82, 2.24) is 24.7 Å². The molecular formula is C29H34N5O5Si. The summed E-state index contributed by atoms with van der Waals surface area (Å²) in [6, 6.07) is 18.4. The van der Waals surface area contributed by atoms with Gasteiger partial charge in [-0.15, -0.1) is 5.10 Å². The van der Waals surface area contributed by atoms with Crippen molar-refractivity contribution in [3.63, 3.8) is 0 Å². The fourth-order valence-corrected chi connectivity index (χ4v) is 4.13. The summed E-state index contributed by atoms with van der Waals surface area (Å²) in [6.45, 7) is 9.11. The summed E-state index contributed by atoms with van der Waals surface area (Å²) in [5.41, 5.74) is 1.96. The van der Waals surface area contributed by atoms with Gasteiger partial charge < -0.3 is 18.9 Å². The maximum atomic E-state index is 11.9. The molecule has 4 rings (SSSR count). The smallest absolute Gasteiger partial charge is 0.324 e. The lowest BCUT2D eigenvalue weighted by Gasteiger charge is -2.21. The van der Waals surface area contributed by atoms with Gasteiger partial charge in [-0.1, -0.05) is 43.4 Å². The highest BCUT2D eigenvalue weighted by Gasteiger charge is 2.30. The Morgan fingerprint density at radius 3 is 2.35 bits per heavy atom. The number of benzene rings is 1. The second kappa shape index (κ2) is 13.3. The first-order valence-corrected chi connectivity index (χ1v) is 15.6. The third kappa shape index (κ3) is 7.73. The fourth-order valence-electron chi connectivity index (χ4n) is 3.58. The largest absolute Gasteiger partial charge is 0.476 e. The number of pyridine rings is 2. The Hall–Kier alpha value is -4.09. The van der Waals surface area contributed by atoms with Crippen molar-refractivity contribution in [2.75, 3.05) is 20.3 Å². The van der Waals surface area contributed by atoms with Gasteiger partial charge in [-0.3, -0.25) is 4.79 Å². The summed E-state index contributed by atoms with van der Waals surface area (Å²) in [7, 11) is 0.998. The molecule has 3 heterocycles.